The molecule has 1 aromatic rings. The van der Waals surface area contributed by atoms with Crippen LogP contribution in [0.15, 0.2) is 24.3 Å². The molecular formula is C15H22ClFN2O2. The summed E-state index contributed by atoms with van der Waals surface area (Å²) in [7, 11) is 0. The van der Waals surface area contributed by atoms with Crippen LogP contribution in [0.25, 0.3) is 0 Å². The molecule has 118 valence electrons. The first-order valence-electron chi connectivity index (χ1n) is 6.94. The maximum Gasteiger partial charge on any atom is 0.263 e. The molecule has 1 saturated heterocycles. The molecular weight excluding hydrogens is 295 g/mol. The molecule has 6 heteroatoms. The quantitative estimate of drug-likeness (QED) is 0.926. The highest BCUT2D eigenvalue weighted by atomic mass is 35.5. The maximum atomic E-state index is 12.8. The van der Waals surface area contributed by atoms with Gasteiger partial charge in [-0.05, 0) is 57.0 Å². The van der Waals surface area contributed by atoms with Crippen molar-refractivity contribution in [2.75, 3.05) is 13.1 Å². The third-order valence-electron chi connectivity index (χ3n) is 3.75. The van der Waals surface area contributed by atoms with Crippen molar-refractivity contribution in [1.82, 2.24) is 4.90 Å². The van der Waals surface area contributed by atoms with Crippen molar-refractivity contribution in [2.45, 2.75) is 32.4 Å². The molecule has 0 bridgehead atoms. The fourth-order valence-corrected chi connectivity index (χ4v) is 2.62. The smallest absolute Gasteiger partial charge is 0.263 e. The Labute approximate surface area is 130 Å². The molecule has 1 aliphatic heterocycles. The number of ether oxygens (including phenoxy) is 1. The summed E-state index contributed by atoms with van der Waals surface area (Å²) < 4.78 is 18.4. The lowest BCUT2D eigenvalue weighted by Gasteiger charge is -2.25. The number of nitrogens with two attached hydrogens (primary N) is 1. The lowest BCUT2D eigenvalue weighted by atomic mass is 10.1. The van der Waals surface area contributed by atoms with Crippen molar-refractivity contribution >= 4 is 18.3 Å². The summed E-state index contributed by atoms with van der Waals surface area (Å²) in [4.78, 5) is 14.2. The second kappa shape index (κ2) is 7.61. The van der Waals surface area contributed by atoms with Gasteiger partial charge in [0, 0.05) is 12.6 Å². The van der Waals surface area contributed by atoms with Crippen molar-refractivity contribution in [2.24, 2.45) is 11.7 Å². The monoisotopic (exact) mass is 316 g/mol. The SMILES string of the molecule is CC(Oc1ccc(F)cc1)C(=O)N1CC(CN)CC1C.Cl. The fourth-order valence-electron chi connectivity index (χ4n) is 2.62. The van der Waals surface area contributed by atoms with Crippen LogP contribution in [-0.2, 0) is 4.79 Å². The molecule has 1 aromatic carbocycles. The maximum absolute atomic E-state index is 12.8. The Balaban J connectivity index is 0.00000220. The summed E-state index contributed by atoms with van der Waals surface area (Å²) in [6, 6.07) is 5.87. The van der Waals surface area contributed by atoms with Crippen LogP contribution >= 0.6 is 12.4 Å². The Morgan fingerprint density at radius 2 is 2.10 bits per heavy atom. The molecule has 1 amide bonds. The second-order valence-corrected chi connectivity index (χ2v) is 5.39. The first kappa shape index (κ1) is 17.7. The van der Waals surface area contributed by atoms with Crippen LogP contribution < -0.4 is 10.5 Å². The number of rotatable bonds is 4. The molecule has 0 radical (unpaired) electrons. The van der Waals surface area contributed by atoms with Crippen LogP contribution in [0.5, 0.6) is 5.75 Å². The fraction of sp³-hybridized carbons (Fsp3) is 0.533. The van der Waals surface area contributed by atoms with Gasteiger partial charge in [0.2, 0.25) is 0 Å². The van der Waals surface area contributed by atoms with E-state index in [-0.39, 0.29) is 30.2 Å². The molecule has 3 atom stereocenters. The van der Waals surface area contributed by atoms with E-state index in [0.717, 1.165) is 6.42 Å². The van der Waals surface area contributed by atoms with Crippen LogP contribution in [0, 0.1) is 11.7 Å². The largest absolute Gasteiger partial charge is 0.481 e. The van der Waals surface area contributed by atoms with Crippen molar-refractivity contribution in [3.8, 4) is 5.75 Å². The van der Waals surface area contributed by atoms with Gasteiger partial charge >= 0.3 is 0 Å². The molecule has 1 fully saturated rings. The summed E-state index contributed by atoms with van der Waals surface area (Å²) in [5.41, 5.74) is 5.67. The van der Waals surface area contributed by atoms with Gasteiger partial charge in [0.05, 0.1) is 0 Å². The van der Waals surface area contributed by atoms with Gasteiger partial charge in [-0.15, -0.1) is 12.4 Å². The second-order valence-electron chi connectivity index (χ2n) is 5.39. The summed E-state index contributed by atoms with van der Waals surface area (Å²) in [5.74, 6) is 0.495. The predicted octanol–water partition coefficient (Wildman–Crippen LogP) is 2.21. The van der Waals surface area contributed by atoms with Gasteiger partial charge < -0.3 is 15.4 Å². The summed E-state index contributed by atoms with van der Waals surface area (Å²) >= 11 is 0. The van der Waals surface area contributed by atoms with Crippen molar-refractivity contribution in [3.63, 3.8) is 0 Å². The van der Waals surface area contributed by atoms with E-state index in [4.69, 9.17) is 10.5 Å². The third-order valence-corrected chi connectivity index (χ3v) is 3.75. The Hall–Kier alpha value is -1.33. The van der Waals surface area contributed by atoms with Crippen LogP contribution in [0.1, 0.15) is 20.3 Å². The van der Waals surface area contributed by atoms with Gasteiger partial charge in [-0.25, -0.2) is 4.39 Å². The normalized spacial score (nSPS) is 22.6. The zero-order valence-electron chi connectivity index (χ0n) is 12.3. The molecule has 2 rings (SSSR count). The van der Waals surface area contributed by atoms with E-state index < -0.39 is 6.10 Å². The molecule has 0 saturated carbocycles. The Bertz CT molecular complexity index is 469. The highest BCUT2D eigenvalue weighted by Crippen LogP contribution is 2.24. The minimum atomic E-state index is -0.584. The van der Waals surface area contributed by atoms with Gasteiger partial charge in [0.15, 0.2) is 6.10 Å². The lowest BCUT2D eigenvalue weighted by molar-refractivity contribution is -0.138. The minimum absolute atomic E-state index is 0. The Kier molecular flexibility index (Phi) is 6.42. The van der Waals surface area contributed by atoms with Crippen LogP contribution in [0.4, 0.5) is 4.39 Å². The molecule has 0 aliphatic carbocycles. The number of carbonyl (C=O) groups is 1. The van der Waals surface area contributed by atoms with Crippen molar-refractivity contribution < 1.29 is 13.9 Å². The number of halogens is 2. The number of amides is 1. The molecule has 21 heavy (non-hydrogen) atoms. The molecule has 4 nitrogen and oxygen atoms in total. The van der Waals surface area contributed by atoms with E-state index in [9.17, 15) is 9.18 Å². The molecule has 0 aromatic heterocycles. The first-order chi connectivity index (χ1) is 9.51. The highest BCUT2D eigenvalue weighted by Gasteiger charge is 2.34. The van der Waals surface area contributed by atoms with Crippen LogP contribution in [0.2, 0.25) is 0 Å². The average Bonchev–Trinajstić information content (AvgIpc) is 2.81. The number of benzene rings is 1. The molecule has 1 heterocycles. The molecule has 1 aliphatic rings. The van der Waals surface area contributed by atoms with Crippen LogP contribution in [0.3, 0.4) is 0 Å². The van der Waals surface area contributed by atoms with E-state index in [0.29, 0.717) is 24.8 Å². The number of likely N-dealkylation sites (tertiary alicyclic amines) is 1. The Morgan fingerprint density at radius 3 is 2.62 bits per heavy atom. The zero-order valence-corrected chi connectivity index (χ0v) is 13.1. The van der Waals surface area contributed by atoms with E-state index in [1.165, 1.54) is 24.3 Å². The number of hydrogen-bond acceptors (Lipinski definition) is 3. The predicted molar refractivity (Wildman–Crippen MR) is 82.1 cm³/mol. The lowest BCUT2D eigenvalue weighted by Crippen LogP contribution is -2.42. The summed E-state index contributed by atoms with van der Waals surface area (Å²) in [6.45, 7) is 5.03. The molecule has 2 N–H and O–H groups in total. The van der Waals surface area contributed by atoms with Crippen LogP contribution in [-0.4, -0.2) is 36.0 Å². The minimum Gasteiger partial charge on any atom is -0.481 e. The summed E-state index contributed by atoms with van der Waals surface area (Å²) in [5, 5.41) is 0. The third kappa shape index (κ3) is 4.32. The average molecular weight is 317 g/mol. The van der Waals surface area contributed by atoms with Crippen molar-refractivity contribution in [1.29, 1.82) is 0 Å². The zero-order chi connectivity index (χ0) is 14.7. The van der Waals surface area contributed by atoms with E-state index in [1.54, 1.807) is 6.92 Å². The molecule has 0 spiro atoms. The van der Waals surface area contributed by atoms with Gasteiger partial charge in [-0.2, -0.15) is 0 Å². The highest BCUT2D eigenvalue weighted by molar-refractivity contribution is 5.85. The Morgan fingerprint density at radius 1 is 1.48 bits per heavy atom. The summed E-state index contributed by atoms with van der Waals surface area (Å²) in [6.07, 6.45) is 0.352. The number of carbonyl (C=O) groups excluding carboxylic acids is 1. The van der Waals surface area contributed by atoms with E-state index in [1.807, 2.05) is 11.8 Å². The van der Waals surface area contributed by atoms with E-state index >= 15 is 0 Å². The molecule has 3 unspecified atom stereocenters. The van der Waals surface area contributed by atoms with Gasteiger partial charge in [-0.3, -0.25) is 4.79 Å². The standard InChI is InChI=1S/C15H21FN2O2.ClH/c1-10-7-12(8-17)9-18(10)15(19)11(2)20-14-5-3-13(16)4-6-14;/h3-6,10-12H,7-9,17H2,1-2H3;1H. The number of hydrogen-bond donors (Lipinski definition) is 1. The number of nitrogens with zero attached hydrogens (tertiary/aromatic N) is 1. The van der Waals surface area contributed by atoms with Gasteiger partial charge in [0.1, 0.15) is 11.6 Å². The van der Waals surface area contributed by atoms with Gasteiger partial charge in [0.25, 0.3) is 5.91 Å². The topological polar surface area (TPSA) is 55.6 Å². The van der Waals surface area contributed by atoms with Gasteiger partial charge in [-0.1, -0.05) is 0 Å². The first-order valence-corrected chi connectivity index (χ1v) is 6.94. The van der Waals surface area contributed by atoms with E-state index in [2.05, 4.69) is 0 Å². The van der Waals surface area contributed by atoms with Crippen molar-refractivity contribution in [3.05, 3.63) is 30.1 Å².